The van der Waals surface area contributed by atoms with Gasteiger partial charge in [0.05, 0.1) is 5.56 Å². The third kappa shape index (κ3) is 5.74. The van der Waals surface area contributed by atoms with Crippen LogP contribution in [0.4, 0.5) is 18.3 Å². The number of rotatable bonds is 7. The molecule has 2 heterocycles. The Balaban J connectivity index is 1.59. The number of amides is 1. The predicted molar refractivity (Wildman–Crippen MR) is 102 cm³/mol. The molecule has 0 atom stereocenters. The largest absolute Gasteiger partial charge is 0.439 e. The first-order chi connectivity index (χ1) is 13.8. The van der Waals surface area contributed by atoms with Crippen LogP contribution in [0.1, 0.15) is 40.7 Å². The van der Waals surface area contributed by atoms with Gasteiger partial charge in [-0.05, 0) is 36.8 Å². The Kier molecular flexibility index (Phi) is 6.42. The second-order valence-electron chi connectivity index (χ2n) is 6.07. The summed E-state index contributed by atoms with van der Waals surface area (Å²) in [6.07, 6.45) is -0.859. The van der Waals surface area contributed by atoms with Crippen molar-refractivity contribution >= 4 is 22.4 Å². The molecule has 0 bridgehead atoms. The van der Waals surface area contributed by atoms with Gasteiger partial charge in [0.15, 0.2) is 0 Å². The van der Waals surface area contributed by atoms with E-state index in [4.69, 9.17) is 4.74 Å². The van der Waals surface area contributed by atoms with Gasteiger partial charge in [0, 0.05) is 24.2 Å². The molecule has 6 nitrogen and oxygen atoms in total. The summed E-state index contributed by atoms with van der Waals surface area (Å²) < 4.78 is 43.1. The number of benzene rings is 1. The lowest BCUT2D eigenvalue weighted by Gasteiger charge is -2.08. The number of halogens is 3. The van der Waals surface area contributed by atoms with Crippen molar-refractivity contribution in [1.82, 2.24) is 15.2 Å². The van der Waals surface area contributed by atoms with E-state index in [1.54, 1.807) is 0 Å². The number of nitrogens with zero attached hydrogens (tertiary/aromatic N) is 3. The van der Waals surface area contributed by atoms with Gasteiger partial charge in [0.1, 0.15) is 10.8 Å². The minimum atomic E-state index is -4.45. The Bertz CT molecular complexity index is 957. The number of unbranched alkanes of at least 4 members (excludes halogenated alkanes) is 1. The van der Waals surface area contributed by atoms with Crippen molar-refractivity contribution in [3.63, 3.8) is 0 Å². The molecule has 0 unspecified atom stereocenters. The highest BCUT2D eigenvalue weighted by Gasteiger charge is 2.30. The zero-order valence-corrected chi connectivity index (χ0v) is 16.2. The number of ether oxygens (including phenoxy) is 1. The lowest BCUT2D eigenvalue weighted by atomic mass is 10.2. The van der Waals surface area contributed by atoms with Crippen molar-refractivity contribution in [3.05, 3.63) is 58.7 Å². The van der Waals surface area contributed by atoms with Crippen LogP contribution >= 0.6 is 11.3 Å². The summed E-state index contributed by atoms with van der Waals surface area (Å²) in [5, 5.41) is 12.0. The van der Waals surface area contributed by atoms with Crippen molar-refractivity contribution in [3.8, 4) is 11.6 Å². The topological polar surface area (TPSA) is 77.0 Å². The first kappa shape index (κ1) is 20.7. The average molecular weight is 422 g/mol. The van der Waals surface area contributed by atoms with Crippen LogP contribution in [0.2, 0.25) is 0 Å². The van der Waals surface area contributed by atoms with E-state index in [0.717, 1.165) is 36.4 Å². The van der Waals surface area contributed by atoms with Gasteiger partial charge in [0.2, 0.25) is 11.0 Å². The number of hydrogen-bond donors (Lipinski definition) is 1. The molecule has 0 aliphatic rings. The van der Waals surface area contributed by atoms with Crippen molar-refractivity contribution in [2.45, 2.75) is 32.4 Å². The van der Waals surface area contributed by atoms with Crippen LogP contribution in [0.3, 0.4) is 0 Å². The zero-order chi connectivity index (χ0) is 20.9. The molecule has 0 radical (unpaired) electrons. The Morgan fingerprint density at radius 1 is 1.14 bits per heavy atom. The molecule has 0 aliphatic heterocycles. The molecule has 1 aromatic carbocycles. The monoisotopic (exact) mass is 422 g/mol. The molecule has 3 aromatic rings. The van der Waals surface area contributed by atoms with Crippen molar-refractivity contribution in [2.75, 3.05) is 5.32 Å². The quantitative estimate of drug-likeness (QED) is 0.556. The first-order valence-electron chi connectivity index (χ1n) is 8.80. The highest BCUT2D eigenvalue weighted by molar-refractivity contribution is 7.15. The van der Waals surface area contributed by atoms with Gasteiger partial charge in [-0.25, -0.2) is 4.98 Å². The first-order valence-corrected chi connectivity index (χ1v) is 9.61. The summed E-state index contributed by atoms with van der Waals surface area (Å²) in [5.74, 6) is 0.0117. The minimum Gasteiger partial charge on any atom is -0.439 e. The highest BCUT2D eigenvalue weighted by Crippen LogP contribution is 2.30. The van der Waals surface area contributed by atoms with Gasteiger partial charge in [-0.3, -0.25) is 10.1 Å². The molecule has 0 saturated heterocycles. The lowest BCUT2D eigenvalue weighted by molar-refractivity contribution is -0.137. The molecule has 0 aliphatic carbocycles. The number of aryl methyl sites for hydroxylation is 1. The molecular weight excluding hydrogens is 405 g/mol. The highest BCUT2D eigenvalue weighted by atomic mass is 32.1. The fraction of sp³-hybridized carbons (Fsp3) is 0.263. The summed E-state index contributed by atoms with van der Waals surface area (Å²) in [4.78, 5) is 15.9. The van der Waals surface area contributed by atoms with Gasteiger partial charge in [0.25, 0.3) is 5.91 Å². The second-order valence-corrected chi connectivity index (χ2v) is 7.13. The molecule has 0 fully saturated rings. The number of anilines is 1. The Morgan fingerprint density at radius 2 is 1.90 bits per heavy atom. The zero-order valence-electron chi connectivity index (χ0n) is 15.4. The van der Waals surface area contributed by atoms with E-state index in [2.05, 4.69) is 27.4 Å². The molecule has 1 N–H and O–H groups in total. The Labute approximate surface area is 168 Å². The fourth-order valence-electron chi connectivity index (χ4n) is 2.31. The Hall–Kier alpha value is -3.01. The fourth-order valence-corrected chi connectivity index (χ4v) is 3.08. The van der Waals surface area contributed by atoms with E-state index in [1.165, 1.54) is 35.6 Å². The normalized spacial score (nSPS) is 11.3. The van der Waals surface area contributed by atoms with Crippen LogP contribution in [0, 0.1) is 0 Å². The number of hydrogen-bond acceptors (Lipinski definition) is 6. The van der Waals surface area contributed by atoms with Gasteiger partial charge >= 0.3 is 6.18 Å². The van der Waals surface area contributed by atoms with Gasteiger partial charge in [-0.15, -0.1) is 10.2 Å². The molecule has 2 aromatic heterocycles. The number of aromatic nitrogens is 3. The molecule has 1 amide bonds. The SMILES string of the molecule is CCCCc1nnc(NC(=O)c2ccc(Oc3ccc(C(F)(F)F)cn3)cc2)s1. The smallest absolute Gasteiger partial charge is 0.417 e. The number of pyridine rings is 1. The van der Waals surface area contributed by atoms with Crippen LogP contribution in [-0.4, -0.2) is 21.1 Å². The maximum Gasteiger partial charge on any atom is 0.417 e. The van der Waals surface area contributed by atoms with E-state index in [9.17, 15) is 18.0 Å². The predicted octanol–water partition coefficient (Wildman–Crippen LogP) is 5.34. The van der Waals surface area contributed by atoms with Crippen molar-refractivity contribution in [2.24, 2.45) is 0 Å². The third-order valence-corrected chi connectivity index (χ3v) is 4.73. The summed E-state index contributed by atoms with van der Waals surface area (Å²) in [6, 6.07) is 8.15. The Morgan fingerprint density at radius 3 is 2.52 bits per heavy atom. The molecule has 10 heteroatoms. The number of nitrogens with one attached hydrogen (secondary N) is 1. The summed E-state index contributed by atoms with van der Waals surface area (Å²) in [6.45, 7) is 2.09. The third-order valence-electron chi connectivity index (χ3n) is 3.83. The van der Waals surface area contributed by atoms with E-state index >= 15 is 0 Å². The van der Waals surface area contributed by atoms with E-state index in [0.29, 0.717) is 22.6 Å². The standard InChI is InChI=1S/C19H17F3N4O2S/c1-2-3-4-16-25-26-18(29-16)24-17(27)12-5-8-14(9-6-12)28-15-10-7-13(11-23-15)19(20,21)22/h5-11H,2-4H2,1H3,(H,24,26,27). The van der Waals surface area contributed by atoms with Crippen LogP contribution in [0.25, 0.3) is 0 Å². The molecular formula is C19H17F3N4O2S. The number of carbonyl (C=O) groups is 1. The number of carbonyl (C=O) groups excluding carboxylic acids is 1. The van der Waals surface area contributed by atoms with Crippen LogP contribution in [0.15, 0.2) is 42.6 Å². The molecule has 0 saturated carbocycles. The van der Waals surface area contributed by atoms with E-state index < -0.39 is 11.7 Å². The lowest BCUT2D eigenvalue weighted by Crippen LogP contribution is -2.11. The minimum absolute atomic E-state index is 0.0173. The average Bonchev–Trinajstić information content (AvgIpc) is 3.14. The van der Waals surface area contributed by atoms with Crippen LogP contribution in [0.5, 0.6) is 11.6 Å². The summed E-state index contributed by atoms with van der Waals surface area (Å²) in [7, 11) is 0. The maximum atomic E-state index is 12.6. The maximum absolute atomic E-state index is 12.6. The van der Waals surface area contributed by atoms with E-state index in [-0.39, 0.29) is 11.8 Å². The molecule has 29 heavy (non-hydrogen) atoms. The summed E-state index contributed by atoms with van der Waals surface area (Å²) >= 11 is 1.34. The molecule has 152 valence electrons. The summed E-state index contributed by atoms with van der Waals surface area (Å²) in [5.41, 5.74) is -0.477. The van der Waals surface area contributed by atoms with Crippen LogP contribution < -0.4 is 10.1 Å². The van der Waals surface area contributed by atoms with Crippen LogP contribution in [-0.2, 0) is 12.6 Å². The molecule has 3 rings (SSSR count). The van der Waals surface area contributed by atoms with Gasteiger partial charge < -0.3 is 4.74 Å². The number of alkyl halides is 3. The second kappa shape index (κ2) is 8.99. The van der Waals surface area contributed by atoms with E-state index in [1.807, 2.05) is 0 Å². The van der Waals surface area contributed by atoms with Crippen molar-refractivity contribution < 1.29 is 22.7 Å². The molecule has 0 spiro atoms. The van der Waals surface area contributed by atoms with Gasteiger partial charge in [-0.1, -0.05) is 24.7 Å². The van der Waals surface area contributed by atoms with Gasteiger partial charge in [-0.2, -0.15) is 13.2 Å². The van der Waals surface area contributed by atoms with Crippen molar-refractivity contribution in [1.29, 1.82) is 0 Å².